The molecule has 0 aliphatic carbocycles. The molecule has 0 saturated heterocycles. The predicted molar refractivity (Wildman–Crippen MR) is 103 cm³/mol. The summed E-state index contributed by atoms with van der Waals surface area (Å²) >= 11 is 0. The van der Waals surface area contributed by atoms with Crippen LogP contribution in [0.25, 0.3) is 0 Å². The lowest BCUT2D eigenvalue weighted by Gasteiger charge is -2.17. The van der Waals surface area contributed by atoms with Crippen molar-refractivity contribution in [2.45, 2.75) is 6.04 Å². The minimum Gasteiger partial charge on any atom is -0.454 e. The van der Waals surface area contributed by atoms with E-state index in [1.807, 2.05) is 0 Å². The van der Waals surface area contributed by atoms with Gasteiger partial charge in [-0.2, -0.15) is 0 Å². The Hall–Kier alpha value is -3.79. The first-order valence-electron chi connectivity index (χ1n) is 8.72. The summed E-state index contributed by atoms with van der Waals surface area (Å²) in [5, 5.41) is 17.2. The van der Waals surface area contributed by atoms with E-state index in [0.717, 1.165) is 0 Å². The molecule has 0 radical (unpaired) electrons. The Labute approximate surface area is 166 Å². The molecule has 2 aromatic carbocycles. The van der Waals surface area contributed by atoms with E-state index in [-0.39, 0.29) is 19.9 Å². The first-order valence-corrected chi connectivity index (χ1v) is 8.72. The van der Waals surface area contributed by atoms with Crippen molar-refractivity contribution in [1.29, 1.82) is 0 Å². The zero-order chi connectivity index (χ0) is 20.8. The van der Waals surface area contributed by atoms with E-state index in [9.17, 15) is 19.5 Å². The molecule has 1 atom stereocenters. The second-order valence-corrected chi connectivity index (χ2v) is 6.20. The van der Waals surface area contributed by atoms with Crippen LogP contribution >= 0.6 is 0 Å². The molecule has 4 amide bonds. The van der Waals surface area contributed by atoms with Crippen molar-refractivity contribution in [3.8, 4) is 11.5 Å². The topological polar surface area (TPSA) is 152 Å². The SMILES string of the molecule is NC(=O)Nc1ccc(C(=O)NC[C@H](CO)NC(=O)c2ccc3c(c2)OCO3)cc1. The molecule has 0 spiro atoms. The number of hydrogen-bond donors (Lipinski definition) is 5. The molecular weight excluding hydrogens is 380 g/mol. The highest BCUT2D eigenvalue weighted by molar-refractivity contribution is 5.96. The van der Waals surface area contributed by atoms with Gasteiger partial charge in [0.15, 0.2) is 11.5 Å². The Kier molecular flexibility index (Phi) is 6.15. The van der Waals surface area contributed by atoms with Gasteiger partial charge in [0.25, 0.3) is 11.8 Å². The molecule has 29 heavy (non-hydrogen) atoms. The standard InChI is InChI=1S/C19H20N4O6/c20-19(27)23-13-4-1-11(2-5-13)17(25)21-8-14(9-24)22-18(26)12-3-6-15-16(7-12)29-10-28-15/h1-7,14,24H,8-10H2,(H,21,25)(H,22,26)(H3,20,23,27)/t14-/m1/s1. The van der Waals surface area contributed by atoms with Crippen LogP contribution in [-0.2, 0) is 0 Å². The van der Waals surface area contributed by atoms with Crippen LogP contribution in [0.2, 0.25) is 0 Å². The summed E-state index contributed by atoms with van der Waals surface area (Å²) in [7, 11) is 0. The highest BCUT2D eigenvalue weighted by atomic mass is 16.7. The zero-order valence-electron chi connectivity index (χ0n) is 15.3. The van der Waals surface area contributed by atoms with Crippen LogP contribution in [-0.4, -0.2) is 48.9 Å². The van der Waals surface area contributed by atoms with Gasteiger partial charge in [-0.05, 0) is 42.5 Å². The smallest absolute Gasteiger partial charge is 0.316 e. The number of anilines is 1. The lowest BCUT2D eigenvalue weighted by Crippen LogP contribution is -2.45. The maximum atomic E-state index is 12.4. The van der Waals surface area contributed by atoms with Crippen molar-refractivity contribution in [1.82, 2.24) is 10.6 Å². The molecule has 2 aromatic rings. The summed E-state index contributed by atoms with van der Waals surface area (Å²) in [6.07, 6.45) is 0. The van der Waals surface area contributed by atoms with Gasteiger partial charge >= 0.3 is 6.03 Å². The summed E-state index contributed by atoms with van der Waals surface area (Å²) in [6.45, 7) is -0.240. The highest BCUT2D eigenvalue weighted by Crippen LogP contribution is 2.32. The average molecular weight is 400 g/mol. The number of rotatable bonds is 7. The van der Waals surface area contributed by atoms with Crippen LogP contribution in [0.4, 0.5) is 10.5 Å². The summed E-state index contributed by atoms with van der Waals surface area (Å²) in [6, 6.07) is 9.46. The minimum absolute atomic E-state index is 0.0207. The van der Waals surface area contributed by atoms with Crippen LogP contribution < -0.4 is 31.2 Å². The van der Waals surface area contributed by atoms with Gasteiger partial charge < -0.3 is 36.3 Å². The Bertz CT molecular complexity index is 915. The van der Waals surface area contributed by atoms with Crippen molar-refractivity contribution in [3.63, 3.8) is 0 Å². The van der Waals surface area contributed by atoms with E-state index in [2.05, 4.69) is 16.0 Å². The molecule has 6 N–H and O–H groups in total. The van der Waals surface area contributed by atoms with E-state index >= 15 is 0 Å². The fraction of sp³-hybridized carbons (Fsp3) is 0.211. The summed E-state index contributed by atoms with van der Waals surface area (Å²) in [5.41, 5.74) is 6.17. The van der Waals surface area contributed by atoms with Crippen LogP contribution in [0, 0.1) is 0 Å². The lowest BCUT2D eigenvalue weighted by atomic mass is 10.1. The second kappa shape index (κ2) is 8.93. The fourth-order valence-corrected chi connectivity index (χ4v) is 2.63. The number of ether oxygens (including phenoxy) is 2. The number of carbonyl (C=O) groups excluding carboxylic acids is 3. The summed E-state index contributed by atoms with van der Waals surface area (Å²) in [4.78, 5) is 35.4. The van der Waals surface area contributed by atoms with Gasteiger partial charge in [0.05, 0.1) is 12.6 Å². The van der Waals surface area contributed by atoms with Gasteiger partial charge in [0, 0.05) is 23.4 Å². The Balaban J connectivity index is 1.53. The Morgan fingerprint density at radius 1 is 1.00 bits per heavy atom. The first-order chi connectivity index (χ1) is 14.0. The molecule has 0 bridgehead atoms. The maximum absolute atomic E-state index is 12.4. The molecular formula is C19H20N4O6. The number of aliphatic hydroxyl groups is 1. The lowest BCUT2D eigenvalue weighted by molar-refractivity contribution is 0.0887. The third-order valence-corrected chi connectivity index (χ3v) is 4.11. The number of primary amides is 1. The highest BCUT2D eigenvalue weighted by Gasteiger charge is 2.19. The molecule has 10 nitrogen and oxygen atoms in total. The van der Waals surface area contributed by atoms with Crippen molar-refractivity contribution < 1.29 is 29.0 Å². The number of carbonyl (C=O) groups is 3. The molecule has 0 fully saturated rings. The van der Waals surface area contributed by atoms with Crippen LogP contribution in [0.1, 0.15) is 20.7 Å². The third kappa shape index (κ3) is 5.14. The van der Waals surface area contributed by atoms with Crippen molar-refractivity contribution in [2.75, 3.05) is 25.3 Å². The van der Waals surface area contributed by atoms with E-state index < -0.39 is 23.9 Å². The van der Waals surface area contributed by atoms with Crippen molar-refractivity contribution >= 4 is 23.5 Å². The average Bonchev–Trinajstić information content (AvgIpc) is 3.18. The number of fused-ring (bicyclic) bond motifs is 1. The summed E-state index contributed by atoms with van der Waals surface area (Å²) in [5.74, 6) is 0.218. The first kappa shape index (κ1) is 20.0. The van der Waals surface area contributed by atoms with E-state index in [1.165, 1.54) is 24.3 Å². The maximum Gasteiger partial charge on any atom is 0.316 e. The van der Waals surface area contributed by atoms with Crippen LogP contribution in [0.3, 0.4) is 0 Å². The second-order valence-electron chi connectivity index (χ2n) is 6.20. The number of hydrogen-bond acceptors (Lipinski definition) is 6. The Morgan fingerprint density at radius 3 is 2.38 bits per heavy atom. The number of amides is 4. The monoisotopic (exact) mass is 400 g/mol. The molecule has 1 aliphatic rings. The molecule has 3 rings (SSSR count). The van der Waals surface area contributed by atoms with Crippen LogP contribution in [0.15, 0.2) is 42.5 Å². The van der Waals surface area contributed by atoms with Gasteiger partial charge in [-0.15, -0.1) is 0 Å². The van der Waals surface area contributed by atoms with Gasteiger partial charge in [0.1, 0.15) is 0 Å². The number of urea groups is 1. The predicted octanol–water partition coefficient (Wildman–Crippen LogP) is 0.427. The van der Waals surface area contributed by atoms with E-state index in [0.29, 0.717) is 28.3 Å². The normalized spacial score (nSPS) is 12.7. The van der Waals surface area contributed by atoms with Crippen LogP contribution in [0.5, 0.6) is 11.5 Å². The minimum atomic E-state index is -0.703. The largest absolute Gasteiger partial charge is 0.454 e. The molecule has 1 heterocycles. The molecule has 0 saturated carbocycles. The molecule has 1 aliphatic heterocycles. The summed E-state index contributed by atoms with van der Waals surface area (Å²) < 4.78 is 10.4. The van der Waals surface area contributed by atoms with Gasteiger partial charge in [0.2, 0.25) is 6.79 Å². The molecule has 0 aromatic heterocycles. The van der Waals surface area contributed by atoms with Crippen molar-refractivity contribution in [3.05, 3.63) is 53.6 Å². The number of aliphatic hydroxyl groups excluding tert-OH is 1. The number of benzene rings is 2. The number of nitrogens with two attached hydrogens (primary N) is 1. The van der Waals surface area contributed by atoms with Gasteiger partial charge in [-0.25, -0.2) is 4.79 Å². The molecule has 0 unspecified atom stereocenters. The number of nitrogens with one attached hydrogen (secondary N) is 3. The quantitative estimate of drug-likeness (QED) is 0.454. The Morgan fingerprint density at radius 2 is 1.69 bits per heavy atom. The van der Waals surface area contributed by atoms with Gasteiger partial charge in [-0.3, -0.25) is 9.59 Å². The molecule has 152 valence electrons. The van der Waals surface area contributed by atoms with Crippen molar-refractivity contribution in [2.24, 2.45) is 5.73 Å². The van der Waals surface area contributed by atoms with Gasteiger partial charge in [-0.1, -0.05) is 0 Å². The van der Waals surface area contributed by atoms with E-state index in [1.54, 1.807) is 18.2 Å². The third-order valence-electron chi connectivity index (χ3n) is 4.11. The fourth-order valence-electron chi connectivity index (χ4n) is 2.63. The molecule has 10 heteroatoms. The van der Waals surface area contributed by atoms with E-state index in [4.69, 9.17) is 15.2 Å². The zero-order valence-corrected chi connectivity index (χ0v) is 15.3.